The number of imidazole rings is 1. The summed E-state index contributed by atoms with van der Waals surface area (Å²) in [6.45, 7) is 0.657. The van der Waals surface area contributed by atoms with E-state index in [4.69, 9.17) is 5.73 Å². The molecule has 0 unspecified atom stereocenters. The molecule has 1 heterocycles. The van der Waals surface area contributed by atoms with Gasteiger partial charge in [-0.05, 0) is 36.7 Å². The summed E-state index contributed by atoms with van der Waals surface area (Å²) in [5, 5.41) is 0.991. The van der Waals surface area contributed by atoms with E-state index >= 15 is 0 Å². The van der Waals surface area contributed by atoms with Crippen LogP contribution in [0.1, 0.15) is 5.56 Å². The fourth-order valence-corrected chi connectivity index (χ4v) is 2.90. The molecule has 1 aromatic carbocycles. The number of aromatic nitrogens is 2. The molecule has 0 amide bonds. The summed E-state index contributed by atoms with van der Waals surface area (Å²) in [4.78, 5) is 5.53. The normalized spacial score (nSPS) is 10.8. The molecule has 2 N–H and O–H groups in total. The summed E-state index contributed by atoms with van der Waals surface area (Å²) in [5.74, 6) is 0. The molecule has 0 spiro atoms. The maximum Gasteiger partial charge on any atom is 0.172 e. The quantitative estimate of drug-likeness (QED) is 0.944. The summed E-state index contributed by atoms with van der Waals surface area (Å²) >= 11 is 5.16. The molecule has 0 aliphatic rings. The van der Waals surface area contributed by atoms with Gasteiger partial charge in [0.1, 0.15) is 0 Å². The largest absolute Gasteiger partial charge is 0.330 e. The first-order chi connectivity index (χ1) is 8.20. The second kappa shape index (κ2) is 5.71. The van der Waals surface area contributed by atoms with Gasteiger partial charge in [0, 0.05) is 28.8 Å². The lowest BCUT2D eigenvalue weighted by molar-refractivity contribution is 0.789. The Bertz CT molecular complexity index is 510. The predicted molar refractivity (Wildman–Crippen MR) is 74.2 cm³/mol. The summed E-state index contributed by atoms with van der Waals surface area (Å²) in [5.41, 5.74) is 6.90. The summed E-state index contributed by atoms with van der Waals surface area (Å²) in [6.07, 6.45) is 4.64. The number of rotatable bonds is 4. The monoisotopic (exact) mass is 311 g/mol. The van der Waals surface area contributed by atoms with Gasteiger partial charge >= 0.3 is 0 Å². The molecule has 0 atom stereocenters. The van der Waals surface area contributed by atoms with Gasteiger partial charge in [-0.3, -0.25) is 0 Å². The van der Waals surface area contributed by atoms with Gasteiger partial charge in [0.05, 0.1) is 0 Å². The van der Waals surface area contributed by atoms with Crippen LogP contribution in [0.15, 0.2) is 45.1 Å². The van der Waals surface area contributed by atoms with Crippen molar-refractivity contribution in [3.05, 3.63) is 40.6 Å². The van der Waals surface area contributed by atoms with Crippen LogP contribution in [0.5, 0.6) is 0 Å². The van der Waals surface area contributed by atoms with Crippen molar-refractivity contribution in [1.82, 2.24) is 9.55 Å². The first kappa shape index (κ1) is 12.7. The van der Waals surface area contributed by atoms with Crippen molar-refractivity contribution >= 4 is 27.7 Å². The van der Waals surface area contributed by atoms with Crippen molar-refractivity contribution in [1.29, 1.82) is 0 Å². The SMILES string of the molecule is Cn1ccnc1Sc1ccc(Br)cc1CCN. The number of benzene rings is 1. The van der Waals surface area contributed by atoms with Crippen LogP contribution in [0, 0.1) is 0 Å². The molecule has 5 heteroatoms. The Balaban J connectivity index is 2.29. The Kier molecular flexibility index (Phi) is 4.25. The Morgan fingerprint density at radius 1 is 1.47 bits per heavy atom. The van der Waals surface area contributed by atoms with Crippen molar-refractivity contribution < 1.29 is 0 Å². The van der Waals surface area contributed by atoms with Crippen molar-refractivity contribution in [3.63, 3.8) is 0 Å². The lowest BCUT2D eigenvalue weighted by Crippen LogP contribution is -2.04. The highest BCUT2D eigenvalue weighted by atomic mass is 79.9. The van der Waals surface area contributed by atoms with Crippen LogP contribution in [-0.4, -0.2) is 16.1 Å². The third-order valence-electron chi connectivity index (χ3n) is 2.41. The lowest BCUT2D eigenvalue weighted by Gasteiger charge is -2.08. The fourth-order valence-electron chi connectivity index (χ4n) is 1.55. The highest BCUT2D eigenvalue weighted by Gasteiger charge is 2.07. The second-order valence-electron chi connectivity index (χ2n) is 3.71. The number of hydrogen-bond acceptors (Lipinski definition) is 3. The molecule has 2 aromatic rings. The van der Waals surface area contributed by atoms with Crippen molar-refractivity contribution in [2.75, 3.05) is 6.54 Å². The van der Waals surface area contributed by atoms with Gasteiger partial charge in [-0.1, -0.05) is 27.7 Å². The maximum absolute atomic E-state index is 5.64. The first-order valence-corrected chi connectivity index (χ1v) is 6.95. The molecule has 0 aliphatic carbocycles. The van der Waals surface area contributed by atoms with Gasteiger partial charge in [0.25, 0.3) is 0 Å². The van der Waals surface area contributed by atoms with Gasteiger partial charge in [-0.25, -0.2) is 4.98 Å². The van der Waals surface area contributed by atoms with Crippen LogP contribution in [0.2, 0.25) is 0 Å². The molecular weight excluding hydrogens is 298 g/mol. The first-order valence-electron chi connectivity index (χ1n) is 5.34. The Hall–Kier alpha value is -0.780. The van der Waals surface area contributed by atoms with E-state index in [0.717, 1.165) is 16.0 Å². The van der Waals surface area contributed by atoms with E-state index < -0.39 is 0 Å². The zero-order chi connectivity index (χ0) is 12.3. The third kappa shape index (κ3) is 3.12. The molecule has 0 aliphatic heterocycles. The predicted octanol–water partition coefficient (Wildman–Crippen LogP) is 2.84. The van der Waals surface area contributed by atoms with Crippen molar-refractivity contribution in [3.8, 4) is 0 Å². The van der Waals surface area contributed by atoms with E-state index in [1.54, 1.807) is 11.8 Å². The van der Waals surface area contributed by atoms with Gasteiger partial charge in [0.2, 0.25) is 0 Å². The molecule has 2 rings (SSSR count). The zero-order valence-electron chi connectivity index (χ0n) is 9.56. The average Bonchev–Trinajstić information content (AvgIpc) is 2.69. The zero-order valence-corrected chi connectivity index (χ0v) is 12.0. The molecule has 0 radical (unpaired) electrons. The van der Waals surface area contributed by atoms with Crippen LogP contribution < -0.4 is 5.73 Å². The van der Waals surface area contributed by atoms with E-state index in [2.05, 4.69) is 33.0 Å². The lowest BCUT2D eigenvalue weighted by atomic mass is 10.1. The van der Waals surface area contributed by atoms with Crippen molar-refractivity contribution in [2.24, 2.45) is 12.8 Å². The van der Waals surface area contributed by atoms with Crippen LogP contribution in [-0.2, 0) is 13.5 Å². The van der Waals surface area contributed by atoms with E-state index in [9.17, 15) is 0 Å². The third-order valence-corrected chi connectivity index (χ3v) is 4.10. The highest BCUT2D eigenvalue weighted by molar-refractivity contribution is 9.10. The maximum atomic E-state index is 5.64. The Morgan fingerprint density at radius 2 is 2.29 bits per heavy atom. The van der Waals surface area contributed by atoms with Crippen molar-refractivity contribution in [2.45, 2.75) is 16.5 Å². The number of nitrogens with two attached hydrogens (primary N) is 1. The molecule has 0 fully saturated rings. The van der Waals surface area contributed by atoms with Crippen LogP contribution in [0.3, 0.4) is 0 Å². The molecule has 3 nitrogen and oxygen atoms in total. The molecular formula is C12H14BrN3S. The van der Waals surface area contributed by atoms with Crippen LogP contribution in [0.4, 0.5) is 0 Å². The smallest absolute Gasteiger partial charge is 0.172 e. The van der Waals surface area contributed by atoms with E-state index in [1.807, 2.05) is 30.1 Å². The Morgan fingerprint density at radius 3 is 2.94 bits per heavy atom. The van der Waals surface area contributed by atoms with Gasteiger partial charge in [-0.15, -0.1) is 0 Å². The summed E-state index contributed by atoms with van der Waals surface area (Å²) in [7, 11) is 2.00. The topological polar surface area (TPSA) is 43.8 Å². The van der Waals surface area contributed by atoms with Gasteiger partial charge in [-0.2, -0.15) is 0 Å². The Labute approximate surface area is 114 Å². The minimum absolute atomic E-state index is 0.657. The minimum atomic E-state index is 0.657. The average molecular weight is 312 g/mol. The fraction of sp³-hybridized carbons (Fsp3) is 0.250. The molecule has 1 aromatic heterocycles. The van der Waals surface area contributed by atoms with Gasteiger partial charge < -0.3 is 10.3 Å². The van der Waals surface area contributed by atoms with Gasteiger partial charge in [0.15, 0.2) is 5.16 Å². The number of hydrogen-bond donors (Lipinski definition) is 1. The van der Waals surface area contributed by atoms with Crippen LogP contribution >= 0.6 is 27.7 Å². The number of aryl methyl sites for hydroxylation is 1. The summed E-state index contributed by atoms with van der Waals surface area (Å²) < 4.78 is 3.10. The number of nitrogens with zero attached hydrogens (tertiary/aromatic N) is 2. The standard InChI is InChI=1S/C12H14BrN3S/c1-16-7-6-15-12(16)17-11-3-2-10(13)8-9(11)4-5-14/h2-3,6-8H,4-5,14H2,1H3. The van der Waals surface area contributed by atoms with Crippen LogP contribution in [0.25, 0.3) is 0 Å². The molecule has 0 saturated heterocycles. The molecule has 17 heavy (non-hydrogen) atoms. The highest BCUT2D eigenvalue weighted by Crippen LogP contribution is 2.31. The van der Waals surface area contributed by atoms with E-state index in [1.165, 1.54) is 10.5 Å². The molecule has 0 bridgehead atoms. The van der Waals surface area contributed by atoms with E-state index in [-0.39, 0.29) is 0 Å². The summed E-state index contributed by atoms with van der Waals surface area (Å²) in [6, 6.07) is 6.28. The molecule has 90 valence electrons. The van der Waals surface area contributed by atoms with E-state index in [0.29, 0.717) is 6.54 Å². The number of halogens is 1. The second-order valence-corrected chi connectivity index (χ2v) is 5.64. The molecule has 0 saturated carbocycles. The minimum Gasteiger partial charge on any atom is -0.330 e.